The molecule has 3 fully saturated rings. The summed E-state index contributed by atoms with van der Waals surface area (Å²) in [7, 11) is 1.50. The van der Waals surface area contributed by atoms with E-state index >= 15 is 28.8 Å². The molecule has 4 heterocycles. The van der Waals surface area contributed by atoms with Gasteiger partial charge in [-0.15, -0.1) is 0 Å². The molecule has 0 aliphatic carbocycles. The number of benzene rings is 5. The number of nitrogens with zero attached hydrogens (tertiary/aromatic N) is 1. The number of para-hydroxylation sites is 1. The molecule has 3 aliphatic rings. The highest BCUT2D eigenvalue weighted by Crippen LogP contribution is 2.27. The third-order valence-electron chi connectivity index (χ3n) is 15.0. The van der Waals surface area contributed by atoms with E-state index in [9.17, 15) is 4.79 Å². The Labute approximate surface area is 470 Å². The average Bonchev–Trinajstić information content (AvgIpc) is 4.14. The summed E-state index contributed by atoms with van der Waals surface area (Å²) >= 11 is 0. The molecule has 0 spiro atoms. The van der Waals surface area contributed by atoms with Gasteiger partial charge in [0.25, 0.3) is 0 Å². The van der Waals surface area contributed by atoms with Gasteiger partial charge in [0.2, 0.25) is 35.4 Å². The Bertz CT molecular complexity index is 3140. The molecule has 81 heavy (non-hydrogen) atoms. The molecule has 9 rings (SSSR count). The third-order valence-corrected chi connectivity index (χ3v) is 15.0. The van der Waals surface area contributed by atoms with Crippen molar-refractivity contribution in [3.63, 3.8) is 0 Å². The predicted molar refractivity (Wildman–Crippen MR) is 302 cm³/mol. The Hall–Kier alpha value is -8.75. The van der Waals surface area contributed by atoms with Crippen molar-refractivity contribution in [3.05, 3.63) is 167 Å². The maximum atomic E-state index is 15.5. The van der Waals surface area contributed by atoms with E-state index in [0.29, 0.717) is 66.3 Å². The highest BCUT2D eigenvalue weighted by molar-refractivity contribution is 5.99. The fourth-order valence-corrected chi connectivity index (χ4v) is 10.8. The first kappa shape index (κ1) is 57.0. The molecular formula is C61H70N10O10. The largest absolute Gasteiger partial charge is 0.497 e. The van der Waals surface area contributed by atoms with Gasteiger partial charge < -0.3 is 67.0 Å². The van der Waals surface area contributed by atoms with Crippen LogP contribution in [0.3, 0.4) is 0 Å². The smallest absolute Gasteiger partial charge is 0.407 e. The molecule has 1 aromatic heterocycles. The lowest BCUT2D eigenvalue weighted by Gasteiger charge is -2.32. The van der Waals surface area contributed by atoms with Crippen LogP contribution in [0.25, 0.3) is 10.9 Å². The van der Waals surface area contributed by atoms with Gasteiger partial charge in [0.05, 0.1) is 13.7 Å². The summed E-state index contributed by atoms with van der Waals surface area (Å²) in [6.07, 6.45) is 1.16. The number of nitrogens with two attached hydrogens (primary N) is 1. The van der Waals surface area contributed by atoms with E-state index in [4.69, 9.17) is 19.9 Å². The van der Waals surface area contributed by atoms with Gasteiger partial charge in [-0.1, -0.05) is 103 Å². The summed E-state index contributed by atoms with van der Waals surface area (Å²) in [5.74, 6) is -3.23. The minimum absolute atomic E-state index is 0.00647. The standard InChI is InChI=1S/C61H70N10O10/c1-79-45-16-10-13-41(29-45)32-52-60(77)71-36-46(81-61(78)64-28-25-62)34-53(71)58(75)70-54(42-14-6-3-7-15-42)59(76)68-51(33-43-35-65-48-18-9-8-17-47(43)48)57(74)67-50(31-39-23-26-63-27-24-39)55(72)66-49(56(73)69-52)30-38-19-21-44(22-20-38)80-37-40-11-4-2-5-12-40/h2-22,29,35,39,46,49-54,63,65H,23-28,30-34,36-37,62H2,1H3,(H,64,78)(H,66,72)(H,67,74)(H,68,76)(H,69,73)(H,70,75)/t46-,49+,50?,51-,52+,53+,54+/m1/s1. The van der Waals surface area contributed by atoms with Gasteiger partial charge in [-0.3, -0.25) is 28.8 Å². The Kier molecular flexibility index (Phi) is 19.3. The topological polar surface area (TPSA) is 276 Å². The molecule has 5 aromatic carbocycles. The van der Waals surface area contributed by atoms with Crippen molar-refractivity contribution in [2.24, 2.45) is 11.7 Å². The molecular weight excluding hydrogens is 1030 g/mol. The van der Waals surface area contributed by atoms with E-state index in [1.807, 2.05) is 54.6 Å². The van der Waals surface area contributed by atoms with Gasteiger partial charge in [-0.25, -0.2) is 4.79 Å². The number of rotatable bonds is 16. The van der Waals surface area contributed by atoms with E-state index in [0.717, 1.165) is 16.5 Å². The Morgan fingerprint density at radius 2 is 1.28 bits per heavy atom. The lowest BCUT2D eigenvalue weighted by molar-refractivity contribution is -0.143. The zero-order chi connectivity index (χ0) is 56.7. The Balaban J connectivity index is 1.12. The molecule has 0 saturated carbocycles. The lowest BCUT2D eigenvalue weighted by Crippen LogP contribution is -2.61. The lowest BCUT2D eigenvalue weighted by atomic mass is 9.90. The Morgan fingerprint density at radius 3 is 2.02 bits per heavy atom. The summed E-state index contributed by atoms with van der Waals surface area (Å²) < 4.78 is 17.4. The summed E-state index contributed by atoms with van der Waals surface area (Å²) in [5.41, 5.74) is 9.72. The van der Waals surface area contributed by atoms with Crippen LogP contribution >= 0.6 is 0 Å². The van der Waals surface area contributed by atoms with Gasteiger partial charge in [0, 0.05) is 55.9 Å². The number of methoxy groups -OCH3 is 1. The number of aromatic amines is 1. The van der Waals surface area contributed by atoms with Crippen LogP contribution in [0.4, 0.5) is 4.79 Å². The van der Waals surface area contributed by atoms with Crippen molar-refractivity contribution in [1.82, 2.24) is 47.1 Å². The van der Waals surface area contributed by atoms with Crippen LogP contribution in [-0.4, -0.2) is 128 Å². The molecule has 0 radical (unpaired) electrons. The molecule has 3 aliphatic heterocycles. The number of hydrogen-bond acceptors (Lipinski definition) is 12. The summed E-state index contributed by atoms with van der Waals surface area (Å²) in [5, 5.41) is 21.5. The zero-order valence-electron chi connectivity index (χ0n) is 45.2. The normalized spacial score (nSPS) is 22.4. The van der Waals surface area contributed by atoms with Crippen LogP contribution in [0.15, 0.2) is 140 Å². The number of alkyl carbamates (subject to hydrolysis) is 1. The molecule has 1 unspecified atom stereocenters. The zero-order valence-corrected chi connectivity index (χ0v) is 45.2. The van der Waals surface area contributed by atoms with Crippen LogP contribution < -0.4 is 52.4 Å². The fourth-order valence-electron chi connectivity index (χ4n) is 10.8. The molecule has 3 saturated heterocycles. The van der Waals surface area contributed by atoms with Crippen LogP contribution in [0.5, 0.6) is 11.5 Å². The second-order valence-electron chi connectivity index (χ2n) is 20.8. The molecule has 20 nitrogen and oxygen atoms in total. The molecule has 7 atom stereocenters. The van der Waals surface area contributed by atoms with E-state index in [1.165, 1.54) is 12.0 Å². The highest BCUT2D eigenvalue weighted by Gasteiger charge is 2.45. The number of carbonyl (C=O) groups excluding carboxylic acids is 7. The van der Waals surface area contributed by atoms with Crippen molar-refractivity contribution < 1.29 is 47.8 Å². The van der Waals surface area contributed by atoms with E-state index in [1.54, 1.807) is 85.1 Å². The number of ether oxygens (including phenoxy) is 3. The molecule has 6 aromatic rings. The summed E-state index contributed by atoms with van der Waals surface area (Å²) in [6.45, 7) is 1.67. The maximum absolute atomic E-state index is 15.5. The third kappa shape index (κ3) is 15.1. The molecule has 10 N–H and O–H groups in total. The quantitative estimate of drug-likeness (QED) is 0.0673. The molecule has 7 amide bonds. The van der Waals surface area contributed by atoms with Crippen molar-refractivity contribution in [1.29, 1.82) is 0 Å². The van der Waals surface area contributed by atoms with Crippen molar-refractivity contribution in [2.45, 2.75) is 93.9 Å². The monoisotopic (exact) mass is 1100 g/mol. The first-order chi connectivity index (χ1) is 39.4. The number of H-pyrrole nitrogens is 1. The van der Waals surface area contributed by atoms with Crippen molar-refractivity contribution in [3.8, 4) is 11.5 Å². The number of hydrogen-bond donors (Lipinski definition) is 9. The van der Waals surface area contributed by atoms with Gasteiger partial charge in [0.1, 0.15) is 60.5 Å². The van der Waals surface area contributed by atoms with E-state index < -0.39 is 83.9 Å². The minimum atomic E-state index is -1.42. The first-order valence-corrected chi connectivity index (χ1v) is 27.6. The second-order valence-corrected chi connectivity index (χ2v) is 20.8. The molecule has 0 bridgehead atoms. The summed E-state index contributed by atoms with van der Waals surface area (Å²) in [4.78, 5) is 109. The minimum Gasteiger partial charge on any atom is -0.497 e. The van der Waals surface area contributed by atoms with Crippen molar-refractivity contribution >= 4 is 52.4 Å². The SMILES string of the molecule is COc1cccc(C[C@@H]2NC(=O)[C@H](Cc3ccc(OCc4ccccc4)cc3)NC(=O)C(CC3CCNCC3)NC(=O)[C@@H](Cc3c[nH]c4ccccc34)NC(=O)[C@H](c3ccccc3)NC(=O)[C@@H]3C[C@@H](OC(=O)NCCN)CN3C2=O)c1. The number of amides is 7. The maximum Gasteiger partial charge on any atom is 0.407 e. The molecule has 20 heteroatoms. The predicted octanol–water partition coefficient (Wildman–Crippen LogP) is 3.64. The van der Waals surface area contributed by atoms with E-state index in [-0.39, 0.29) is 57.7 Å². The van der Waals surface area contributed by atoms with Gasteiger partial charge in [0.15, 0.2) is 0 Å². The number of carbonyl (C=O) groups is 7. The van der Waals surface area contributed by atoms with Crippen LogP contribution in [0.2, 0.25) is 0 Å². The second kappa shape index (κ2) is 27.4. The van der Waals surface area contributed by atoms with Crippen molar-refractivity contribution in [2.75, 3.05) is 39.8 Å². The van der Waals surface area contributed by atoms with Gasteiger partial charge in [-0.2, -0.15) is 0 Å². The number of aromatic nitrogens is 1. The molecule has 424 valence electrons. The fraction of sp³-hybridized carbons (Fsp3) is 0.361. The average molecular weight is 1100 g/mol. The van der Waals surface area contributed by atoms with Gasteiger partial charge >= 0.3 is 6.09 Å². The number of fused-ring (bicyclic) bond motifs is 2. The van der Waals surface area contributed by atoms with Crippen LogP contribution in [0, 0.1) is 5.92 Å². The van der Waals surface area contributed by atoms with Crippen LogP contribution in [0.1, 0.15) is 59.5 Å². The highest BCUT2D eigenvalue weighted by atomic mass is 16.6. The van der Waals surface area contributed by atoms with E-state index in [2.05, 4.69) is 42.2 Å². The first-order valence-electron chi connectivity index (χ1n) is 27.6. The van der Waals surface area contributed by atoms with Crippen LogP contribution in [-0.2, 0) is 59.4 Å². The summed E-state index contributed by atoms with van der Waals surface area (Å²) in [6, 6.07) is 31.7. The number of nitrogens with one attached hydrogen (secondary N) is 8. The van der Waals surface area contributed by atoms with Gasteiger partial charge in [-0.05, 0) is 96.4 Å². The Morgan fingerprint density at radius 1 is 0.642 bits per heavy atom. The number of piperidine rings is 1.